The summed E-state index contributed by atoms with van der Waals surface area (Å²) in [5, 5.41) is 2.97. The van der Waals surface area contributed by atoms with Gasteiger partial charge >= 0.3 is 0 Å². The van der Waals surface area contributed by atoms with Gasteiger partial charge in [0.05, 0.1) is 23.7 Å². The Labute approximate surface area is 135 Å². The molecule has 3 rings (SSSR count). The second-order valence-corrected chi connectivity index (χ2v) is 5.61. The maximum atomic E-state index is 12.1. The number of rotatable bonds is 8. The fourth-order valence-electron chi connectivity index (χ4n) is 2.57. The van der Waals surface area contributed by atoms with Crippen LogP contribution in [-0.2, 0) is 6.54 Å². The minimum absolute atomic E-state index is 0.0279. The highest BCUT2D eigenvalue weighted by atomic mass is 16.1. The number of aromatic amines is 1. The normalized spacial score (nSPS) is 11.0. The third-order valence-corrected chi connectivity index (χ3v) is 3.87. The summed E-state index contributed by atoms with van der Waals surface area (Å²) in [6.07, 6.45) is 11.7. The fraction of sp³-hybridized carbons (Fsp3) is 0.353. The van der Waals surface area contributed by atoms with E-state index in [1.807, 2.05) is 30.7 Å². The molecule has 120 valence electrons. The highest BCUT2D eigenvalue weighted by Gasteiger charge is 2.06. The number of hydrogen-bond acceptors (Lipinski definition) is 3. The monoisotopic (exact) mass is 311 g/mol. The first-order valence-corrected chi connectivity index (χ1v) is 8.00. The molecule has 0 aliphatic heterocycles. The molecule has 0 unspecified atom stereocenters. The predicted octanol–water partition coefficient (Wildman–Crippen LogP) is 2.75. The molecule has 0 fully saturated rings. The van der Waals surface area contributed by atoms with Crippen LogP contribution >= 0.6 is 0 Å². The van der Waals surface area contributed by atoms with Crippen molar-refractivity contribution in [3.8, 4) is 0 Å². The Bertz CT molecular complexity index is 747. The number of amides is 1. The van der Waals surface area contributed by atoms with E-state index in [2.05, 4.69) is 24.8 Å². The molecular weight excluding hydrogens is 290 g/mol. The molecule has 1 amide bonds. The third-order valence-electron chi connectivity index (χ3n) is 3.87. The van der Waals surface area contributed by atoms with Gasteiger partial charge in [0.25, 0.3) is 5.91 Å². The van der Waals surface area contributed by atoms with Crippen molar-refractivity contribution in [1.29, 1.82) is 0 Å². The summed E-state index contributed by atoms with van der Waals surface area (Å²) in [6.45, 7) is 1.72. The van der Waals surface area contributed by atoms with E-state index in [0.717, 1.165) is 43.3 Å². The SMILES string of the molecule is O=C(NCCCCCCn1ccnc1)c1ccc2nc[nH]c2c1. The molecule has 0 aliphatic carbocycles. The van der Waals surface area contributed by atoms with Gasteiger partial charge in [0.1, 0.15) is 0 Å². The van der Waals surface area contributed by atoms with Crippen LogP contribution in [0.1, 0.15) is 36.0 Å². The van der Waals surface area contributed by atoms with Crippen molar-refractivity contribution in [3.05, 3.63) is 48.8 Å². The minimum Gasteiger partial charge on any atom is -0.352 e. The van der Waals surface area contributed by atoms with Crippen LogP contribution < -0.4 is 5.32 Å². The molecule has 2 aromatic heterocycles. The number of hydrogen-bond donors (Lipinski definition) is 2. The molecule has 1 aromatic carbocycles. The lowest BCUT2D eigenvalue weighted by atomic mass is 10.1. The largest absolute Gasteiger partial charge is 0.352 e. The standard InChI is InChI=1S/C17H21N5O/c23-17(14-5-6-15-16(11-14)21-12-20-15)19-7-3-1-2-4-9-22-10-8-18-13-22/h5-6,8,10-13H,1-4,7,9H2,(H,19,23)(H,20,21). The Balaban J connectivity index is 1.33. The van der Waals surface area contributed by atoms with Gasteiger partial charge < -0.3 is 14.9 Å². The number of H-pyrrole nitrogens is 1. The van der Waals surface area contributed by atoms with Crippen molar-refractivity contribution in [2.45, 2.75) is 32.2 Å². The molecule has 0 bridgehead atoms. The molecular formula is C17H21N5O. The first-order valence-electron chi connectivity index (χ1n) is 8.00. The zero-order valence-electron chi connectivity index (χ0n) is 13.0. The maximum absolute atomic E-state index is 12.1. The van der Waals surface area contributed by atoms with Gasteiger partial charge in [-0.1, -0.05) is 12.8 Å². The van der Waals surface area contributed by atoms with Gasteiger partial charge in [0, 0.05) is 31.0 Å². The smallest absolute Gasteiger partial charge is 0.251 e. The summed E-state index contributed by atoms with van der Waals surface area (Å²) in [5.41, 5.74) is 2.43. The second kappa shape index (κ2) is 7.58. The van der Waals surface area contributed by atoms with Gasteiger partial charge in [-0.25, -0.2) is 9.97 Å². The number of benzene rings is 1. The van der Waals surface area contributed by atoms with E-state index < -0.39 is 0 Å². The average molecular weight is 311 g/mol. The predicted molar refractivity (Wildman–Crippen MR) is 89.1 cm³/mol. The van der Waals surface area contributed by atoms with Crippen LogP contribution in [0.2, 0.25) is 0 Å². The number of nitrogens with zero attached hydrogens (tertiary/aromatic N) is 3. The molecule has 3 aromatic rings. The quantitative estimate of drug-likeness (QED) is 0.628. The van der Waals surface area contributed by atoms with Crippen molar-refractivity contribution in [2.75, 3.05) is 6.54 Å². The van der Waals surface area contributed by atoms with Crippen molar-refractivity contribution in [3.63, 3.8) is 0 Å². The van der Waals surface area contributed by atoms with Crippen LogP contribution in [0.15, 0.2) is 43.2 Å². The van der Waals surface area contributed by atoms with Crippen LogP contribution in [-0.4, -0.2) is 32.0 Å². The van der Waals surface area contributed by atoms with Gasteiger partial charge in [-0.2, -0.15) is 0 Å². The van der Waals surface area contributed by atoms with E-state index in [9.17, 15) is 4.79 Å². The molecule has 0 radical (unpaired) electrons. The van der Waals surface area contributed by atoms with E-state index in [-0.39, 0.29) is 5.91 Å². The zero-order valence-corrected chi connectivity index (χ0v) is 13.0. The van der Waals surface area contributed by atoms with E-state index in [4.69, 9.17) is 0 Å². The minimum atomic E-state index is -0.0279. The van der Waals surface area contributed by atoms with Gasteiger partial charge in [-0.05, 0) is 31.0 Å². The van der Waals surface area contributed by atoms with Gasteiger partial charge in [0.2, 0.25) is 0 Å². The summed E-state index contributed by atoms with van der Waals surface area (Å²) in [7, 11) is 0. The lowest BCUT2D eigenvalue weighted by Gasteiger charge is -2.06. The van der Waals surface area contributed by atoms with Gasteiger partial charge in [0.15, 0.2) is 0 Å². The van der Waals surface area contributed by atoms with Gasteiger partial charge in [-0.15, -0.1) is 0 Å². The van der Waals surface area contributed by atoms with Crippen LogP contribution in [0.5, 0.6) is 0 Å². The fourth-order valence-corrected chi connectivity index (χ4v) is 2.57. The lowest BCUT2D eigenvalue weighted by molar-refractivity contribution is 0.0953. The number of aryl methyl sites for hydroxylation is 1. The number of aromatic nitrogens is 4. The number of nitrogens with one attached hydrogen (secondary N) is 2. The summed E-state index contributed by atoms with van der Waals surface area (Å²) in [6, 6.07) is 5.50. The molecule has 2 N–H and O–H groups in total. The molecule has 6 nitrogen and oxygen atoms in total. The maximum Gasteiger partial charge on any atom is 0.251 e. The van der Waals surface area contributed by atoms with Crippen molar-refractivity contribution < 1.29 is 4.79 Å². The Morgan fingerprint density at radius 3 is 3.00 bits per heavy atom. The van der Waals surface area contributed by atoms with Crippen molar-refractivity contribution in [2.24, 2.45) is 0 Å². The first-order chi connectivity index (χ1) is 11.3. The number of imidazole rings is 2. The van der Waals surface area contributed by atoms with E-state index in [0.29, 0.717) is 12.1 Å². The van der Waals surface area contributed by atoms with E-state index >= 15 is 0 Å². The van der Waals surface area contributed by atoms with E-state index in [1.54, 1.807) is 12.5 Å². The molecule has 2 heterocycles. The number of fused-ring (bicyclic) bond motifs is 1. The Kier molecular flexibility index (Phi) is 5.03. The molecule has 6 heteroatoms. The van der Waals surface area contributed by atoms with Crippen LogP contribution in [0.3, 0.4) is 0 Å². The third kappa shape index (κ3) is 4.18. The zero-order chi connectivity index (χ0) is 15.9. The summed E-state index contributed by atoms with van der Waals surface area (Å²) in [5.74, 6) is -0.0279. The number of unbranched alkanes of at least 4 members (excludes halogenated alkanes) is 3. The Morgan fingerprint density at radius 1 is 1.22 bits per heavy atom. The molecule has 0 aliphatic rings. The van der Waals surface area contributed by atoms with Crippen molar-refractivity contribution >= 4 is 16.9 Å². The molecule has 0 spiro atoms. The molecule has 0 saturated carbocycles. The van der Waals surface area contributed by atoms with Crippen molar-refractivity contribution in [1.82, 2.24) is 24.8 Å². The van der Waals surface area contributed by atoms with Crippen LogP contribution in [0, 0.1) is 0 Å². The number of carbonyl (C=O) groups is 1. The summed E-state index contributed by atoms with van der Waals surface area (Å²) < 4.78 is 2.09. The average Bonchev–Trinajstić information content (AvgIpc) is 3.24. The second-order valence-electron chi connectivity index (χ2n) is 5.61. The van der Waals surface area contributed by atoms with Crippen LogP contribution in [0.25, 0.3) is 11.0 Å². The molecule has 0 atom stereocenters. The van der Waals surface area contributed by atoms with Gasteiger partial charge in [-0.3, -0.25) is 4.79 Å². The number of carbonyl (C=O) groups excluding carboxylic acids is 1. The highest BCUT2D eigenvalue weighted by Crippen LogP contribution is 2.11. The lowest BCUT2D eigenvalue weighted by Crippen LogP contribution is -2.24. The topological polar surface area (TPSA) is 75.6 Å². The Morgan fingerprint density at radius 2 is 2.13 bits per heavy atom. The van der Waals surface area contributed by atoms with E-state index in [1.165, 1.54) is 0 Å². The summed E-state index contributed by atoms with van der Waals surface area (Å²) in [4.78, 5) is 23.3. The first kappa shape index (κ1) is 15.3. The van der Waals surface area contributed by atoms with Crippen LogP contribution in [0.4, 0.5) is 0 Å². The Hall–Kier alpha value is -2.63. The molecule has 0 saturated heterocycles. The summed E-state index contributed by atoms with van der Waals surface area (Å²) >= 11 is 0. The highest BCUT2D eigenvalue weighted by molar-refractivity contribution is 5.97. The molecule has 23 heavy (non-hydrogen) atoms.